The number of hydrogen-bond acceptors (Lipinski definition) is 6. The van der Waals surface area contributed by atoms with E-state index < -0.39 is 13.9 Å². The molecule has 292 valence electrons. The largest absolute Gasteiger partial charge is 0.472 e. The second-order valence-corrected chi connectivity index (χ2v) is 16.5. The molecule has 0 aliphatic heterocycles. The third kappa shape index (κ3) is 38.3. The first-order valence-electron chi connectivity index (χ1n) is 20.4. The van der Waals surface area contributed by atoms with E-state index in [2.05, 4.69) is 26.0 Å². The standard InChI is InChI=1S/C40H80NO7P/c1-6-8-10-12-14-16-18-20-22-24-26-28-30-32-35-45-37-39(38-47-49(43,44)46-36-34-41(3,4)5)48-40(42)33-31-29-27-25-23-21-19-17-15-13-11-9-7-2/h17,19,39H,6-16,18,20-38H2,1-5H3/p+1/b19-17-/t39-/m1/s1. The molecule has 0 radical (unpaired) electrons. The average Bonchev–Trinajstić information content (AvgIpc) is 3.04. The molecule has 1 N–H and O–H groups in total. The first kappa shape index (κ1) is 48.2. The number of nitrogens with zero attached hydrogens (tertiary/aromatic N) is 1. The number of quaternary nitrogens is 1. The molecule has 0 aliphatic carbocycles. The van der Waals surface area contributed by atoms with Crippen molar-refractivity contribution in [2.75, 3.05) is 54.1 Å². The minimum absolute atomic E-state index is 0.0900. The third-order valence-electron chi connectivity index (χ3n) is 8.83. The van der Waals surface area contributed by atoms with Gasteiger partial charge in [-0.1, -0.05) is 148 Å². The molecular weight excluding hydrogens is 637 g/mol. The summed E-state index contributed by atoms with van der Waals surface area (Å²) in [4.78, 5) is 22.8. The van der Waals surface area contributed by atoms with Gasteiger partial charge in [-0.25, -0.2) is 4.57 Å². The zero-order chi connectivity index (χ0) is 36.3. The number of phosphoric acid groups is 1. The van der Waals surface area contributed by atoms with Gasteiger partial charge in [0.05, 0.1) is 34.4 Å². The first-order chi connectivity index (χ1) is 23.6. The summed E-state index contributed by atoms with van der Waals surface area (Å²) in [5.74, 6) is -0.321. The van der Waals surface area contributed by atoms with E-state index in [1.807, 2.05) is 21.1 Å². The number of esters is 1. The molecule has 9 heteroatoms. The van der Waals surface area contributed by atoms with Crippen LogP contribution in [0.3, 0.4) is 0 Å². The van der Waals surface area contributed by atoms with Gasteiger partial charge in [-0.3, -0.25) is 13.8 Å². The molecule has 0 saturated carbocycles. The van der Waals surface area contributed by atoms with Crippen molar-refractivity contribution in [1.82, 2.24) is 0 Å². The Bertz CT molecular complexity index is 802. The molecule has 0 aromatic carbocycles. The Balaban J connectivity index is 4.26. The van der Waals surface area contributed by atoms with Crippen molar-refractivity contribution in [3.05, 3.63) is 12.2 Å². The van der Waals surface area contributed by atoms with Gasteiger partial charge in [0.25, 0.3) is 0 Å². The lowest BCUT2D eigenvalue weighted by Gasteiger charge is -2.24. The number of carbonyl (C=O) groups excluding carboxylic acids is 1. The normalized spacial score (nSPS) is 14.0. The van der Waals surface area contributed by atoms with Crippen LogP contribution in [0, 0.1) is 0 Å². The van der Waals surface area contributed by atoms with E-state index in [4.69, 9.17) is 18.5 Å². The Hall–Kier alpha value is -0.760. The van der Waals surface area contributed by atoms with Crippen LogP contribution in [-0.2, 0) is 27.9 Å². The Labute approximate surface area is 303 Å². The Morgan fingerprint density at radius 1 is 0.612 bits per heavy atom. The maximum absolute atomic E-state index is 12.6. The smallest absolute Gasteiger partial charge is 0.457 e. The van der Waals surface area contributed by atoms with Crippen molar-refractivity contribution in [2.24, 2.45) is 0 Å². The molecule has 0 rings (SSSR count). The fourth-order valence-corrected chi connectivity index (χ4v) is 6.35. The van der Waals surface area contributed by atoms with Gasteiger partial charge >= 0.3 is 13.8 Å². The maximum Gasteiger partial charge on any atom is 0.472 e. The van der Waals surface area contributed by atoms with Crippen LogP contribution in [0.15, 0.2) is 12.2 Å². The Morgan fingerprint density at radius 2 is 1.06 bits per heavy atom. The summed E-state index contributed by atoms with van der Waals surface area (Å²) in [5.41, 5.74) is 0. The van der Waals surface area contributed by atoms with E-state index in [9.17, 15) is 14.3 Å². The minimum atomic E-state index is -4.26. The summed E-state index contributed by atoms with van der Waals surface area (Å²) in [7, 11) is 1.67. The van der Waals surface area contributed by atoms with Crippen LogP contribution in [0.25, 0.3) is 0 Å². The van der Waals surface area contributed by atoms with Crippen LogP contribution in [-0.4, -0.2) is 75.6 Å². The number of likely N-dealkylation sites (N-methyl/N-ethyl adjacent to an activating group) is 1. The monoisotopic (exact) mass is 719 g/mol. The van der Waals surface area contributed by atoms with Crippen LogP contribution >= 0.6 is 7.82 Å². The SMILES string of the molecule is CCCCCC/C=C\CCCCCCCC(=O)O[C@H](COCCCCCCCCCCCCCCCC)COP(=O)(O)OCC[N+](C)(C)C. The molecule has 0 aliphatic rings. The molecular formula is C40H81NO7P+. The molecule has 0 heterocycles. The summed E-state index contributed by atoms with van der Waals surface area (Å²) < 4.78 is 34.9. The van der Waals surface area contributed by atoms with Gasteiger partial charge in [0.1, 0.15) is 19.3 Å². The molecule has 0 amide bonds. The Kier molecular flexibility index (Phi) is 33.8. The molecule has 0 spiro atoms. The summed E-state index contributed by atoms with van der Waals surface area (Å²) in [5, 5.41) is 0. The summed E-state index contributed by atoms with van der Waals surface area (Å²) in [6.45, 7) is 5.62. The lowest BCUT2D eigenvalue weighted by molar-refractivity contribution is -0.870. The van der Waals surface area contributed by atoms with Crippen molar-refractivity contribution in [1.29, 1.82) is 0 Å². The van der Waals surface area contributed by atoms with Gasteiger partial charge < -0.3 is 18.9 Å². The van der Waals surface area contributed by atoms with E-state index in [1.165, 1.54) is 122 Å². The molecule has 0 fully saturated rings. The Morgan fingerprint density at radius 3 is 1.57 bits per heavy atom. The van der Waals surface area contributed by atoms with E-state index in [1.54, 1.807) is 0 Å². The summed E-state index contributed by atoms with van der Waals surface area (Å²) >= 11 is 0. The minimum Gasteiger partial charge on any atom is -0.457 e. The molecule has 0 saturated heterocycles. The van der Waals surface area contributed by atoms with E-state index in [0.29, 0.717) is 24.1 Å². The lowest BCUT2D eigenvalue weighted by atomic mass is 10.0. The van der Waals surface area contributed by atoms with E-state index >= 15 is 0 Å². The number of hydrogen-bond donors (Lipinski definition) is 1. The second-order valence-electron chi connectivity index (χ2n) is 15.0. The number of ether oxygens (including phenoxy) is 2. The molecule has 2 atom stereocenters. The molecule has 49 heavy (non-hydrogen) atoms. The summed E-state index contributed by atoms with van der Waals surface area (Å²) in [6, 6.07) is 0. The topological polar surface area (TPSA) is 91.3 Å². The van der Waals surface area contributed by atoms with Crippen molar-refractivity contribution < 1.29 is 37.3 Å². The maximum atomic E-state index is 12.6. The highest BCUT2D eigenvalue weighted by Crippen LogP contribution is 2.43. The first-order valence-corrected chi connectivity index (χ1v) is 21.9. The van der Waals surface area contributed by atoms with Crippen LogP contribution < -0.4 is 0 Å². The van der Waals surface area contributed by atoms with E-state index in [0.717, 1.165) is 38.5 Å². The van der Waals surface area contributed by atoms with Crippen LogP contribution in [0.2, 0.25) is 0 Å². The average molecular weight is 719 g/mol. The van der Waals surface area contributed by atoms with Crippen molar-refractivity contribution in [3.8, 4) is 0 Å². The second kappa shape index (κ2) is 34.3. The van der Waals surface area contributed by atoms with Gasteiger partial charge in [-0.05, 0) is 38.5 Å². The number of phosphoric ester groups is 1. The highest BCUT2D eigenvalue weighted by molar-refractivity contribution is 7.47. The zero-order valence-corrected chi connectivity index (χ0v) is 33.8. The molecule has 8 nitrogen and oxygen atoms in total. The van der Waals surface area contributed by atoms with Crippen molar-refractivity contribution in [2.45, 2.75) is 187 Å². The van der Waals surface area contributed by atoms with Gasteiger partial charge in [0.2, 0.25) is 0 Å². The van der Waals surface area contributed by atoms with Crippen molar-refractivity contribution >= 4 is 13.8 Å². The van der Waals surface area contributed by atoms with Gasteiger partial charge in [-0.15, -0.1) is 0 Å². The number of rotatable bonds is 38. The van der Waals surface area contributed by atoms with E-state index in [-0.39, 0.29) is 25.8 Å². The number of carbonyl (C=O) groups is 1. The van der Waals surface area contributed by atoms with Crippen molar-refractivity contribution in [3.63, 3.8) is 0 Å². The highest BCUT2D eigenvalue weighted by Gasteiger charge is 2.26. The number of allylic oxidation sites excluding steroid dienone is 2. The zero-order valence-electron chi connectivity index (χ0n) is 32.9. The fourth-order valence-electron chi connectivity index (χ4n) is 5.61. The molecule has 0 aromatic heterocycles. The van der Waals surface area contributed by atoms with Crippen LogP contribution in [0.1, 0.15) is 181 Å². The number of unbranched alkanes of at least 4 members (excludes halogenated alkanes) is 22. The van der Waals surface area contributed by atoms with Gasteiger partial charge in [0.15, 0.2) is 0 Å². The van der Waals surface area contributed by atoms with Crippen LogP contribution in [0.4, 0.5) is 0 Å². The predicted molar refractivity (Wildman–Crippen MR) is 206 cm³/mol. The lowest BCUT2D eigenvalue weighted by Crippen LogP contribution is -2.37. The third-order valence-corrected chi connectivity index (χ3v) is 9.81. The summed E-state index contributed by atoms with van der Waals surface area (Å²) in [6.07, 6.45) is 35.2. The molecule has 1 unspecified atom stereocenters. The van der Waals surface area contributed by atoms with Gasteiger partial charge in [-0.2, -0.15) is 0 Å². The van der Waals surface area contributed by atoms with Crippen LogP contribution in [0.5, 0.6) is 0 Å². The van der Waals surface area contributed by atoms with Gasteiger partial charge in [0, 0.05) is 13.0 Å². The highest BCUT2D eigenvalue weighted by atomic mass is 31.2. The fraction of sp³-hybridized carbons (Fsp3) is 0.925. The quantitative estimate of drug-likeness (QED) is 0.0223. The molecule has 0 aromatic rings. The predicted octanol–water partition coefficient (Wildman–Crippen LogP) is 11.5. The molecule has 0 bridgehead atoms.